The monoisotopic (exact) mass is 344 g/mol. The molecule has 126 valence electrons. The molecule has 0 atom stereocenters. The average Bonchev–Trinajstić information content (AvgIpc) is 2.53. The van der Waals surface area contributed by atoms with Crippen LogP contribution in [0.3, 0.4) is 0 Å². The first-order valence-electron chi connectivity index (χ1n) is 7.52. The van der Waals surface area contributed by atoms with E-state index in [1.54, 1.807) is 30.3 Å². The maximum atomic E-state index is 12.0. The SMILES string of the molecule is CCc1ccccc1NC(=O)/C=C/c1ccc(NS(C)(=O)=O)cc1. The largest absolute Gasteiger partial charge is 0.322 e. The Morgan fingerprint density at radius 3 is 2.38 bits per heavy atom. The van der Waals surface area contributed by atoms with Crippen molar-refractivity contribution in [3.63, 3.8) is 0 Å². The third-order valence-corrected chi connectivity index (χ3v) is 3.90. The fraction of sp³-hybridized carbons (Fsp3) is 0.167. The van der Waals surface area contributed by atoms with Gasteiger partial charge in [-0.2, -0.15) is 0 Å². The van der Waals surface area contributed by atoms with Gasteiger partial charge in [0.15, 0.2) is 0 Å². The summed E-state index contributed by atoms with van der Waals surface area (Å²) in [5, 5.41) is 2.86. The normalized spacial score (nSPS) is 11.4. The maximum absolute atomic E-state index is 12.0. The zero-order valence-corrected chi connectivity index (χ0v) is 14.4. The second-order valence-electron chi connectivity index (χ2n) is 5.33. The fourth-order valence-corrected chi connectivity index (χ4v) is 2.74. The molecule has 6 heteroatoms. The minimum Gasteiger partial charge on any atom is -0.322 e. The lowest BCUT2D eigenvalue weighted by Crippen LogP contribution is -2.09. The average molecular weight is 344 g/mol. The van der Waals surface area contributed by atoms with Crippen molar-refractivity contribution in [2.45, 2.75) is 13.3 Å². The summed E-state index contributed by atoms with van der Waals surface area (Å²) < 4.78 is 24.7. The highest BCUT2D eigenvalue weighted by Crippen LogP contribution is 2.16. The van der Waals surface area contributed by atoms with Crippen LogP contribution in [-0.2, 0) is 21.2 Å². The molecule has 0 aliphatic carbocycles. The van der Waals surface area contributed by atoms with Gasteiger partial charge in [-0.25, -0.2) is 8.42 Å². The van der Waals surface area contributed by atoms with Gasteiger partial charge < -0.3 is 5.32 Å². The van der Waals surface area contributed by atoms with Crippen molar-refractivity contribution < 1.29 is 13.2 Å². The Labute approximate surface area is 142 Å². The van der Waals surface area contributed by atoms with Crippen LogP contribution in [0, 0.1) is 0 Å². The molecule has 0 saturated carbocycles. The van der Waals surface area contributed by atoms with Crippen LogP contribution in [0.5, 0.6) is 0 Å². The van der Waals surface area contributed by atoms with E-state index < -0.39 is 10.0 Å². The minimum absolute atomic E-state index is 0.214. The van der Waals surface area contributed by atoms with E-state index >= 15 is 0 Å². The van der Waals surface area contributed by atoms with Gasteiger partial charge in [0.1, 0.15) is 0 Å². The van der Waals surface area contributed by atoms with Gasteiger partial charge in [0.25, 0.3) is 0 Å². The van der Waals surface area contributed by atoms with Crippen LogP contribution in [0.25, 0.3) is 6.08 Å². The number of hydrogen-bond donors (Lipinski definition) is 2. The zero-order chi connectivity index (χ0) is 17.6. The van der Waals surface area contributed by atoms with E-state index in [1.165, 1.54) is 6.08 Å². The predicted octanol–water partition coefficient (Wildman–Crippen LogP) is 3.27. The molecule has 0 fully saturated rings. The van der Waals surface area contributed by atoms with Crippen LogP contribution in [0.4, 0.5) is 11.4 Å². The number of sulfonamides is 1. The summed E-state index contributed by atoms with van der Waals surface area (Å²) in [5.41, 5.74) is 3.17. The molecule has 2 aromatic carbocycles. The molecule has 24 heavy (non-hydrogen) atoms. The molecule has 0 bridgehead atoms. The van der Waals surface area contributed by atoms with Crippen LogP contribution in [0.2, 0.25) is 0 Å². The van der Waals surface area contributed by atoms with E-state index in [2.05, 4.69) is 10.0 Å². The summed E-state index contributed by atoms with van der Waals surface area (Å²) >= 11 is 0. The van der Waals surface area contributed by atoms with E-state index in [9.17, 15) is 13.2 Å². The van der Waals surface area contributed by atoms with Crippen molar-refractivity contribution in [1.82, 2.24) is 0 Å². The lowest BCUT2D eigenvalue weighted by Gasteiger charge is -2.07. The molecule has 5 nitrogen and oxygen atoms in total. The van der Waals surface area contributed by atoms with Gasteiger partial charge in [-0.15, -0.1) is 0 Å². The third-order valence-electron chi connectivity index (χ3n) is 3.30. The number of amides is 1. The number of nitrogens with one attached hydrogen (secondary N) is 2. The molecule has 0 aliphatic heterocycles. The molecular weight excluding hydrogens is 324 g/mol. The number of hydrogen-bond acceptors (Lipinski definition) is 3. The van der Waals surface area contributed by atoms with E-state index in [-0.39, 0.29) is 5.91 Å². The number of para-hydroxylation sites is 1. The molecule has 0 unspecified atom stereocenters. The Morgan fingerprint density at radius 2 is 1.75 bits per heavy atom. The van der Waals surface area contributed by atoms with E-state index in [0.29, 0.717) is 5.69 Å². The quantitative estimate of drug-likeness (QED) is 0.790. The standard InChI is InChI=1S/C18H20N2O3S/c1-3-15-6-4-5-7-17(15)19-18(21)13-10-14-8-11-16(12-9-14)20-24(2,22)23/h4-13,20H,3H2,1-2H3,(H,19,21)/b13-10+. The van der Waals surface area contributed by atoms with Gasteiger partial charge in [0, 0.05) is 17.5 Å². The summed E-state index contributed by atoms with van der Waals surface area (Å²) in [6.07, 6.45) is 5.06. The van der Waals surface area contributed by atoms with Crippen LogP contribution in [0.15, 0.2) is 54.6 Å². The Morgan fingerprint density at radius 1 is 1.08 bits per heavy atom. The third kappa shape index (κ3) is 5.55. The number of aryl methyl sites for hydroxylation is 1. The van der Waals surface area contributed by atoms with Gasteiger partial charge in [-0.1, -0.05) is 37.3 Å². The first-order valence-corrected chi connectivity index (χ1v) is 9.41. The van der Waals surface area contributed by atoms with Crippen LogP contribution in [0.1, 0.15) is 18.1 Å². The van der Waals surface area contributed by atoms with E-state index in [4.69, 9.17) is 0 Å². The van der Waals surface area contributed by atoms with E-state index in [0.717, 1.165) is 29.5 Å². The highest BCUT2D eigenvalue weighted by Gasteiger charge is 2.03. The second kappa shape index (κ2) is 7.79. The molecule has 0 radical (unpaired) electrons. The van der Waals surface area contributed by atoms with Gasteiger partial charge in [0.2, 0.25) is 15.9 Å². The van der Waals surface area contributed by atoms with E-state index in [1.807, 2.05) is 31.2 Å². The number of benzene rings is 2. The van der Waals surface area contributed by atoms with Gasteiger partial charge in [0.05, 0.1) is 6.26 Å². The molecular formula is C18H20N2O3S. The number of carbonyl (C=O) groups is 1. The molecule has 1 amide bonds. The van der Waals surface area contributed by atoms with Crippen LogP contribution < -0.4 is 10.0 Å². The number of anilines is 2. The van der Waals surface area contributed by atoms with Crippen LogP contribution >= 0.6 is 0 Å². The molecule has 0 heterocycles. The summed E-state index contributed by atoms with van der Waals surface area (Å²) in [4.78, 5) is 12.0. The Balaban J connectivity index is 2.01. The second-order valence-corrected chi connectivity index (χ2v) is 7.08. The highest BCUT2D eigenvalue weighted by molar-refractivity contribution is 7.92. The topological polar surface area (TPSA) is 75.3 Å². The summed E-state index contributed by atoms with van der Waals surface area (Å²) in [6, 6.07) is 14.4. The first kappa shape index (κ1) is 17.7. The molecule has 2 aromatic rings. The molecule has 2 rings (SSSR count). The van der Waals surface area contributed by atoms with Crippen molar-refractivity contribution in [2.24, 2.45) is 0 Å². The lowest BCUT2D eigenvalue weighted by atomic mass is 10.1. The number of carbonyl (C=O) groups excluding carboxylic acids is 1. The Hall–Kier alpha value is -2.60. The maximum Gasteiger partial charge on any atom is 0.248 e. The Bertz CT molecular complexity index is 841. The highest BCUT2D eigenvalue weighted by atomic mass is 32.2. The molecule has 0 saturated heterocycles. The van der Waals surface area contributed by atoms with Crippen molar-refractivity contribution in [3.05, 3.63) is 65.7 Å². The lowest BCUT2D eigenvalue weighted by molar-refractivity contribution is -0.111. The van der Waals surface area contributed by atoms with Gasteiger partial charge >= 0.3 is 0 Å². The molecule has 0 aromatic heterocycles. The smallest absolute Gasteiger partial charge is 0.248 e. The van der Waals surface area contributed by atoms with Gasteiger partial charge in [-0.3, -0.25) is 9.52 Å². The van der Waals surface area contributed by atoms with Crippen molar-refractivity contribution in [1.29, 1.82) is 0 Å². The minimum atomic E-state index is -3.29. The molecule has 2 N–H and O–H groups in total. The summed E-state index contributed by atoms with van der Waals surface area (Å²) in [7, 11) is -3.29. The van der Waals surface area contributed by atoms with Crippen molar-refractivity contribution >= 4 is 33.4 Å². The first-order chi connectivity index (χ1) is 11.4. The number of rotatable bonds is 6. The molecule has 0 aliphatic rings. The van der Waals surface area contributed by atoms with Crippen molar-refractivity contribution in [2.75, 3.05) is 16.3 Å². The zero-order valence-electron chi connectivity index (χ0n) is 13.6. The summed E-state index contributed by atoms with van der Waals surface area (Å²) in [6.45, 7) is 2.03. The van der Waals surface area contributed by atoms with Crippen LogP contribution in [-0.4, -0.2) is 20.6 Å². The summed E-state index contributed by atoms with van der Waals surface area (Å²) in [5.74, 6) is -0.214. The predicted molar refractivity (Wildman–Crippen MR) is 98.4 cm³/mol. The van der Waals surface area contributed by atoms with Crippen molar-refractivity contribution in [3.8, 4) is 0 Å². The molecule has 0 spiro atoms. The van der Waals surface area contributed by atoms with Gasteiger partial charge in [-0.05, 0) is 41.8 Å². The Kier molecular flexibility index (Phi) is 5.76. The fourth-order valence-electron chi connectivity index (χ4n) is 2.17.